The van der Waals surface area contributed by atoms with E-state index in [4.69, 9.17) is 4.74 Å². The lowest BCUT2D eigenvalue weighted by Gasteiger charge is -2.30. The number of morpholine rings is 1. The lowest BCUT2D eigenvalue weighted by molar-refractivity contribution is -0.0117. The van der Waals surface area contributed by atoms with Gasteiger partial charge < -0.3 is 15.0 Å². The fourth-order valence-corrected chi connectivity index (χ4v) is 2.16. The molecule has 1 atom stereocenters. The summed E-state index contributed by atoms with van der Waals surface area (Å²) in [5.41, 5.74) is 3.23. The van der Waals surface area contributed by atoms with Gasteiger partial charge in [0.25, 0.3) is 0 Å². The lowest BCUT2D eigenvalue weighted by Crippen LogP contribution is -2.43. The van der Waals surface area contributed by atoms with Crippen LogP contribution < -0.4 is 5.32 Å². The van der Waals surface area contributed by atoms with Gasteiger partial charge in [-0.05, 0) is 33.0 Å². The van der Waals surface area contributed by atoms with Crippen molar-refractivity contribution >= 4 is 5.69 Å². The molecule has 1 N–H and O–H groups in total. The van der Waals surface area contributed by atoms with Gasteiger partial charge in [0.15, 0.2) is 0 Å². The molecule has 2 heterocycles. The maximum absolute atomic E-state index is 5.71. The molecular weight excluding hydrogens is 214 g/mol. The molecule has 0 aromatic carbocycles. The van der Waals surface area contributed by atoms with E-state index in [2.05, 4.69) is 34.4 Å². The highest BCUT2D eigenvalue weighted by molar-refractivity contribution is 5.45. The first-order chi connectivity index (χ1) is 8.13. The van der Waals surface area contributed by atoms with E-state index in [1.54, 1.807) is 0 Å². The number of aromatic nitrogens is 1. The van der Waals surface area contributed by atoms with Crippen molar-refractivity contribution in [2.24, 2.45) is 0 Å². The average Bonchev–Trinajstić information content (AvgIpc) is 2.25. The van der Waals surface area contributed by atoms with Crippen molar-refractivity contribution in [2.45, 2.75) is 20.0 Å². The number of hydrogen-bond donors (Lipinski definition) is 1. The minimum Gasteiger partial charge on any atom is -0.382 e. The van der Waals surface area contributed by atoms with Gasteiger partial charge in [-0.3, -0.25) is 4.98 Å². The number of nitrogens with one attached hydrogen (secondary N) is 1. The van der Waals surface area contributed by atoms with Gasteiger partial charge in [0.1, 0.15) is 0 Å². The largest absolute Gasteiger partial charge is 0.382 e. The summed E-state index contributed by atoms with van der Waals surface area (Å²) in [6, 6.07) is 4.14. The fourth-order valence-electron chi connectivity index (χ4n) is 2.16. The van der Waals surface area contributed by atoms with Gasteiger partial charge >= 0.3 is 0 Å². The number of ether oxygens (including phenoxy) is 1. The molecule has 2 rings (SSSR count). The van der Waals surface area contributed by atoms with Crippen molar-refractivity contribution in [3.05, 3.63) is 23.5 Å². The molecule has 0 saturated carbocycles. The highest BCUT2D eigenvalue weighted by Gasteiger charge is 2.17. The van der Waals surface area contributed by atoms with Crippen molar-refractivity contribution in [2.75, 3.05) is 38.6 Å². The zero-order chi connectivity index (χ0) is 12.3. The van der Waals surface area contributed by atoms with Crippen LogP contribution in [0.25, 0.3) is 0 Å². The Hall–Kier alpha value is -1.13. The van der Waals surface area contributed by atoms with Crippen LogP contribution in [0.15, 0.2) is 12.1 Å². The molecule has 1 aliphatic rings. The molecule has 0 bridgehead atoms. The summed E-state index contributed by atoms with van der Waals surface area (Å²) in [6.45, 7) is 7.75. The first-order valence-electron chi connectivity index (χ1n) is 6.13. The molecule has 1 fully saturated rings. The summed E-state index contributed by atoms with van der Waals surface area (Å²) in [6.07, 6.45) is 0.280. The maximum Gasteiger partial charge on any atom is 0.0874 e. The Morgan fingerprint density at radius 3 is 2.76 bits per heavy atom. The first-order valence-corrected chi connectivity index (χ1v) is 6.13. The number of pyridine rings is 1. The van der Waals surface area contributed by atoms with Crippen LogP contribution in [0.1, 0.15) is 11.4 Å². The zero-order valence-electron chi connectivity index (χ0n) is 10.9. The normalized spacial score (nSPS) is 21.5. The molecule has 1 unspecified atom stereocenters. The molecule has 1 aliphatic heterocycles. The molecule has 94 valence electrons. The molecule has 0 aliphatic carbocycles. The van der Waals surface area contributed by atoms with Crippen LogP contribution >= 0.6 is 0 Å². The summed E-state index contributed by atoms with van der Waals surface area (Å²) < 4.78 is 5.71. The van der Waals surface area contributed by atoms with Crippen LogP contribution in [0.3, 0.4) is 0 Å². The Balaban J connectivity index is 1.88. The summed E-state index contributed by atoms with van der Waals surface area (Å²) in [5.74, 6) is 0. The molecule has 0 radical (unpaired) electrons. The van der Waals surface area contributed by atoms with E-state index in [9.17, 15) is 0 Å². The predicted molar refractivity (Wildman–Crippen MR) is 69.4 cm³/mol. The van der Waals surface area contributed by atoms with E-state index >= 15 is 0 Å². The van der Waals surface area contributed by atoms with Gasteiger partial charge in [0, 0.05) is 36.7 Å². The maximum atomic E-state index is 5.71. The number of nitrogens with zero attached hydrogens (tertiary/aromatic N) is 2. The summed E-state index contributed by atoms with van der Waals surface area (Å²) in [4.78, 5) is 6.67. The lowest BCUT2D eigenvalue weighted by atomic mass is 10.2. The standard InChI is InChI=1S/C13H21N3O/c1-10-6-12(7-11(2)15-10)14-8-13-9-16(3)4-5-17-13/h6-7,13H,4-5,8-9H2,1-3H3,(H,14,15). The molecule has 0 amide bonds. The monoisotopic (exact) mass is 235 g/mol. The summed E-state index contributed by atoms with van der Waals surface area (Å²) in [5, 5.41) is 3.42. The smallest absolute Gasteiger partial charge is 0.0874 e. The first kappa shape index (κ1) is 12.3. The van der Waals surface area contributed by atoms with Crippen molar-refractivity contribution in [1.29, 1.82) is 0 Å². The third-order valence-corrected chi connectivity index (χ3v) is 2.96. The van der Waals surface area contributed by atoms with Gasteiger partial charge in [0.05, 0.1) is 12.7 Å². The van der Waals surface area contributed by atoms with Gasteiger partial charge in [-0.1, -0.05) is 0 Å². The van der Waals surface area contributed by atoms with Gasteiger partial charge in [-0.15, -0.1) is 0 Å². The van der Waals surface area contributed by atoms with E-state index in [1.807, 2.05) is 13.8 Å². The Morgan fingerprint density at radius 1 is 1.41 bits per heavy atom. The number of likely N-dealkylation sites (N-methyl/N-ethyl adjacent to an activating group) is 1. The van der Waals surface area contributed by atoms with Crippen LogP contribution in [0.2, 0.25) is 0 Å². The van der Waals surface area contributed by atoms with E-state index in [0.29, 0.717) is 0 Å². The zero-order valence-corrected chi connectivity index (χ0v) is 10.9. The molecule has 4 nitrogen and oxygen atoms in total. The second-order valence-electron chi connectivity index (χ2n) is 4.77. The molecule has 1 saturated heterocycles. The Kier molecular flexibility index (Phi) is 3.97. The topological polar surface area (TPSA) is 37.4 Å². The minimum absolute atomic E-state index is 0.280. The van der Waals surface area contributed by atoms with Crippen LogP contribution in [0, 0.1) is 13.8 Å². The quantitative estimate of drug-likeness (QED) is 0.860. The Labute approximate surface area is 103 Å². The summed E-state index contributed by atoms with van der Waals surface area (Å²) >= 11 is 0. The Morgan fingerprint density at radius 2 is 2.12 bits per heavy atom. The predicted octanol–water partition coefficient (Wildman–Crippen LogP) is 1.44. The van der Waals surface area contributed by atoms with E-state index < -0.39 is 0 Å². The highest BCUT2D eigenvalue weighted by atomic mass is 16.5. The molecule has 0 spiro atoms. The van der Waals surface area contributed by atoms with Gasteiger partial charge in [-0.2, -0.15) is 0 Å². The van der Waals surface area contributed by atoms with E-state index in [0.717, 1.165) is 43.3 Å². The molecular formula is C13H21N3O. The van der Waals surface area contributed by atoms with Crippen molar-refractivity contribution < 1.29 is 4.74 Å². The minimum atomic E-state index is 0.280. The highest BCUT2D eigenvalue weighted by Crippen LogP contribution is 2.11. The average molecular weight is 235 g/mol. The second-order valence-corrected chi connectivity index (χ2v) is 4.77. The number of anilines is 1. The third kappa shape index (κ3) is 3.68. The van der Waals surface area contributed by atoms with Crippen LogP contribution in [-0.4, -0.2) is 49.3 Å². The van der Waals surface area contributed by atoms with E-state index in [1.165, 1.54) is 0 Å². The number of hydrogen-bond acceptors (Lipinski definition) is 4. The molecule has 4 heteroatoms. The number of aryl methyl sites for hydroxylation is 2. The molecule has 17 heavy (non-hydrogen) atoms. The van der Waals surface area contributed by atoms with Crippen LogP contribution in [0.4, 0.5) is 5.69 Å². The van der Waals surface area contributed by atoms with Crippen LogP contribution in [0.5, 0.6) is 0 Å². The fraction of sp³-hybridized carbons (Fsp3) is 0.615. The van der Waals surface area contributed by atoms with E-state index in [-0.39, 0.29) is 6.10 Å². The number of rotatable bonds is 3. The molecule has 1 aromatic heterocycles. The molecule has 1 aromatic rings. The third-order valence-electron chi connectivity index (χ3n) is 2.96. The van der Waals surface area contributed by atoms with Gasteiger partial charge in [-0.25, -0.2) is 0 Å². The van der Waals surface area contributed by atoms with Gasteiger partial charge in [0.2, 0.25) is 0 Å². The SMILES string of the molecule is Cc1cc(NCC2CN(C)CCO2)cc(C)n1. The second kappa shape index (κ2) is 5.47. The van der Waals surface area contributed by atoms with Crippen LogP contribution in [-0.2, 0) is 4.74 Å². The van der Waals surface area contributed by atoms with Crippen molar-refractivity contribution in [3.63, 3.8) is 0 Å². The van der Waals surface area contributed by atoms with Crippen molar-refractivity contribution in [1.82, 2.24) is 9.88 Å². The Bertz CT molecular complexity index is 361. The summed E-state index contributed by atoms with van der Waals surface area (Å²) in [7, 11) is 2.14. The van der Waals surface area contributed by atoms with Crippen molar-refractivity contribution in [3.8, 4) is 0 Å².